The van der Waals surface area contributed by atoms with Crippen LogP contribution in [0.4, 0.5) is 0 Å². The summed E-state index contributed by atoms with van der Waals surface area (Å²) in [6.07, 6.45) is 8.23. The van der Waals surface area contributed by atoms with E-state index < -0.39 is 0 Å². The molecule has 3 nitrogen and oxygen atoms in total. The molecule has 0 radical (unpaired) electrons. The molecule has 0 atom stereocenters. The third kappa shape index (κ3) is 3.36. The number of pyridine rings is 1. The van der Waals surface area contributed by atoms with Crippen molar-refractivity contribution < 1.29 is 5.11 Å². The van der Waals surface area contributed by atoms with Gasteiger partial charge in [0.2, 0.25) is 0 Å². The average Bonchev–Trinajstić information content (AvgIpc) is 2.19. The molecule has 13 heavy (non-hydrogen) atoms. The van der Waals surface area contributed by atoms with Crippen molar-refractivity contribution in [2.75, 3.05) is 6.54 Å². The molecule has 0 unspecified atom stereocenters. The Morgan fingerprint density at radius 1 is 1.46 bits per heavy atom. The van der Waals surface area contributed by atoms with Crippen LogP contribution in [0.15, 0.2) is 24.5 Å². The molecular formula is C10H14N2O. The second-order valence-electron chi connectivity index (χ2n) is 2.76. The van der Waals surface area contributed by atoms with Crippen LogP contribution >= 0.6 is 0 Å². The number of aliphatic hydroxyl groups is 1. The first-order valence-corrected chi connectivity index (χ1v) is 4.28. The average molecular weight is 178 g/mol. The predicted molar refractivity (Wildman–Crippen MR) is 52.9 cm³/mol. The van der Waals surface area contributed by atoms with Crippen molar-refractivity contribution in [3.05, 3.63) is 35.7 Å². The molecule has 0 aliphatic heterocycles. The summed E-state index contributed by atoms with van der Waals surface area (Å²) >= 11 is 0. The molecule has 1 rings (SSSR count). The van der Waals surface area contributed by atoms with Gasteiger partial charge in [-0.05, 0) is 30.2 Å². The lowest BCUT2D eigenvalue weighted by Gasteiger charge is -1.96. The lowest BCUT2D eigenvalue weighted by atomic mass is 10.2. The van der Waals surface area contributed by atoms with Gasteiger partial charge < -0.3 is 10.8 Å². The molecule has 0 amide bonds. The van der Waals surface area contributed by atoms with Crippen LogP contribution in [0.25, 0.3) is 6.08 Å². The first kappa shape index (κ1) is 9.89. The van der Waals surface area contributed by atoms with Crippen LogP contribution in [0.2, 0.25) is 0 Å². The minimum atomic E-state index is 0.0333. The maximum atomic E-state index is 8.85. The van der Waals surface area contributed by atoms with Crippen LogP contribution in [0.5, 0.6) is 0 Å². The van der Waals surface area contributed by atoms with E-state index in [0.717, 1.165) is 17.5 Å². The van der Waals surface area contributed by atoms with Crippen molar-refractivity contribution in [1.29, 1.82) is 0 Å². The van der Waals surface area contributed by atoms with Crippen molar-refractivity contribution >= 4 is 6.08 Å². The van der Waals surface area contributed by atoms with Crippen LogP contribution < -0.4 is 5.73 Å². The Morgan fingerprint density at radius 2 is 2.31 bits per heavy atom. The lowest BCUT2D eigenvalue weighted by Crippen LogP contribution is -1.95. The maximum Gasteiger partial charge on any atom is 0.0697 e. The van der Waals surface area contributed by atoms with Crippen LogP contribution in [-0.2, 0) is 6.61 Å². The standard InChI is InChI=1S/C10H14N2O/c11-4-2-1-3-9-5-10(8-13)7-12-6-9/h1,3,5-7,13H,2,4,8,11H2. The summed E-state index contributed by atoms with van der Waals surface area (Å²) in [4.78, 5) is 3.99. The Bertz CT molecular complexity index is 284. The van der Waals surface area contributed by atoms with Gasteiger partial charge in [0.15, 0.2) is 0 Å². The van der Waals surface area contributed by atoms with E-state index in [4.69, 9.17) is 10.8 Å². The highest BCUT2D eigenvalue weighted by Crippen LogP contribution is 2.04. The van der Waals surface area contributed by atoms with Gasteiger partial charge in [-0.25, -0.2) is 0 Å². The zero-order valence-corrected chi connectivity index (χ0v) is 7.48. The highest BCUT2D eigenvalue weighted by atomic mass is 16.3. The summed E-state index contributed by atoms with van der Waals surface area (Å²) < 4.78 is 0. The first-order valence-electron chi connectivity index (χ1n) is 4.28. The van der Waals surface area contributed by atoms with Crippen LogP contribution in [-0.4, -0.2) is 16.6 Å². The summed E-state index contributed by atoms with van der Waals surface area (Å²) in [7, 11) is 0. The van der Waals surface area contributed by atoms with E-state index in [2.05, 4.69) is 4.98 Å². The third-order valence-electron chi connectivity index (χ3n) is 1.64. The van der Waals surface area contributed by atoms with Crippen molar-refractivity contribution in [1.82, 2.24) is 4.98 Å². The van der Waals surface area contributed by atoms with Gasteiger partial charge in [-0.3, -0.25) is 4.98 Å². The number of hydrogen-bond acceptors (Lipinski definition) is 3. The number of rotatable bonds is 4. The van der Waals surface area contributed by atoms with Crippen molar-refractivity contribution in [3.8, 4) is 0 Å². The second kappa shape index (κ2) is 5.45. The predicted octanol–water partition coefficient (Wildman–Crippen LogP) is 0.936. The molecule has 0 aliphatic carbocycles. The molecule has 0 aromatic carbocycles. The Hall–Kier alpha value is -1.19. The summed E-state index contributed by atoms with van der Waals surface area (Å²) in [5.74, 6) is 0. The van der Waals surface area contributed by atoms with Gasteiger partial charge in [0.25, 0.3) is 0 Å². The van der Waals surface area contributed by atoms with E-state index in [1.54, 1.807) is 12.4 Å². The van der Waals surface area contributed by atoms with E-state index in [1.165, 1.54) is 0 Å². The molecule has 0 bridgehead atoms. The molecule has 1 aromatic heterocycles. The fourth-order valence-electron chi connectivity index (χ4n) is 1.00. The monoisotopic (exact) mass is 178 g/mol. The summed E-state index contributed by atoms with van der Waals surface area (Å²) in [6, 6.07) is 1.90. The third-order valence-corrected chi connectivity index (χ3v) is 1.64. The van der Waals surface area contributed by atoms with E-state index >= 15 is 0 Å². The minimum Gasteiger partial charge on any atom is -0.392 e. The fraction of sp³-hybridized carbons (Fsp3) is 0.300. The van der Waals surface area contributed by atoms with Crippen LogP contribution in [0.1, 0.15) is 17.5 Å². The SMILES string of the molecule is NCCC=Cc1cncc(CO)c1. The number of nitrogens with two attached hydrogens (primary N) is 1. The molecule has 1 heterocycles. The van der Waals surface area contributed by atoms with Crippen molar-refractivity contribution in [2.45, 2.75) is 13.0 Å². The Balaban J connectivity index is 2.66. The highest BCUT2D eigenvalue weighted by Gasteiger charge is 1.91. The van der Waals surface area contributed by atoms with Crippen LogP contribution in [0.3, 0.4) is 0 Å². The number of hydrogen-bond donors (Lipinski definition) is 2. The van der Waals surface area contributed by atoms with Gasteiger partial charge in [-0.1, -0.05) is 12.2 Å². The molecule has 0 aliphatic rings. The van der Waals surface area contributed by atoms with Crippen molar-refractivity contribution in [3.63, 3.8) is 0 Å². The van der Waals surface area contributed by atoms with Gasteiger partial charge >= 0.3 is 0 Å². The molecule has 1 aromatic rings. The van der Waals surface area contributed by atoms with E-state index in [9.17, 15) is 0 Å². The Kier molecular flexibility index (Phi) is 4.15. The van der Waals surface area contributed by atoms with E-state index in [-0.39, 0.29) is 6.61 Å². The molecular weight excluding hydrogens is 164 g/mol. The van der Waals surface area contributed by atoms with Gasteiger partial charge in [0, 0.05) is 12.4 Å². The molecule has 0 saturated carbocycles. The second-order valence-corrected chi connectivity index (χ2v) is 2.76. The van der Waals surface area contributed by atoms with Crippen molar-refractivity contribution in [2.24, 2.45) is 5.73 Å². The molecule has 3 heteroatoms. The zero-order chi connectivity index (χ0) is 9.52. The number of aliphatic hydroxyl groups excluding tert-OH is 1. The van der Waals surface area contributed by atoms with E-state index in [0.29, 0.717) is 6.54 Å². The molecule has 0 saturated heterocycles. The zero-order valence-electron chi connectivity index (χ0n) is 7.48. The fourth-order valence-corrected chi connectivity index (χ4v) is 1.00. The minimum absolute atomic E-state index is 0.0333. The largest absolute Gasteiger partial charge is 0.392 e. The normalized spacial score (nSPS) is 10.9. The topological polar surface area (TPSA) is 59.1 Å². The molecule has 0 fully saturated rings. The quantitative estimate of drug-likeness (QED) is 0.721. The summed E-state index contributed by atoms with van der Waals surface area (Å²) in [5.41, 5.74) is 7.17. The van der Waals surface area contributed by atoms with Gasteiger partial charge in [0.1, 0.15) is 0 Å². The van der Waals surface area contributed by atoms with E-state index in [1.807, 2.05) is 18.2 Å². The summed E-state index contributed by atoms with van der Waals surface area (Å²) in [6.45, 7) is 0.690. The smallest absolute Gasteiger partial charge is 0.0697 e. The Labute approximate surface area is 77.9 Å². The summed E-state index contributed by atoms with van der Waals surface area (Å²) in [5, 5.41) is 8.85. The molecule has 3 N–H and O–H groups in total. The Morgan fingerprint density at radius 3 is 3.00 bits per heavy atom. The first-order chi connectivity index (χ1) is 6.36. The highest BCUT2D eigenvalue weighted by molar-refractivity contribution is 5.48. The molecule has 0 spiro atoms. The number of nitrogens with zero attached hydrogens (tertiary/aromatic N) is 1. The molecule has 70 valence electrons. The van der Waals surface area contributed by atoms with Gasteiger partial charge in [-0.2, -0.15) is 0 Å². The number of aromatic nitrogens is 1. The van der Waals surface area contributed by atoms with Crippen LogP contribution in [0, 0.1) is 0 Å². The van der Waals surface area contributed by atoms with Gasteiger partial charge in [-0.15, -0.1) is 0 Å². The van der Waals surface area contributed by atoms with Gasteiger partial charge in [0.05, 0.1) is 6.61 Å². The lowest BCUT2D eigenvalue weighted by molar-refractivity contribution is 0.281. The maximum absolute atomic E-state index is 8.85.